The largest absolute Gasteiger partial charge is 0.372 e. The van der Waals surface area contributed by atoms with Gasteiger partial charge in [-0.15, -0.1) is 0 Å². The molecule has 1 heterocycles. The zero-order valence-electron chi connectivity index (χ0n) is 10.6. The summed E-state index contributed by atoms with van der Waals surface area (Å²) >= 11 is 0. The topological polar surface area (TPSA) is 26.3 Å². The lowest BCUT2D eigenvalue weighted by atomic mass is 9.98. The molecule has 3 rings (SSSR count). The lowest BCUT2D eigenvalue weighted by Crippen LogP contribution is -2.03. The summed E-state index contributed by atoms with van der Waals surface area (Å²) in [6.45, 7) is 2.82. The molecule has 2 aromatic carbocycles. The van der Waals surface area contributed by atoms with Crippen LogP contribution in [0.4, 0.5) is 4.39 Å². The first-order chi connectivity index (χ1) is 9.15. The molecule has 0 unspecified atom stereocenters. The summed E-state index contributed by atoms with van der Waals surface area (Å²) in [6, 6.07) is 10.0. The van der Waals surface area contributed by atoms with Crippen molar-refractivity contribution in [1.29, 1.82) is 0 Å². The molecule has 0 aliphatic carbocycles. The third kappa shape index (κ3) is 2.17. The van der Waals surface area contributed by atoms with Crippen molar-refractivity contribution >= 4 is 5.78 Å². The molecule has 0 saturated heterocycles. The van der Waals surface area contributed by atoms with Crippen LogP contribution >= 0.6 is 0 Å². The summed E-state index contributed by atoms with van der Waals surface area (Å²) < 4.78 is 18.5. The molecular weight excluding hydrogens is 243 g/mol. The lowest BCUT2D eigenvalue weighted by molar-refractivity contribution is 0.103. The number of ether oxygens (including phenoxy) is 1. The summed E-state index contributed by atoms with van der Waals surface area (Å²) in [4.78, 5) is 12.3. The van der Waals surface area contributed by atoms with Crippen LogP contribution in [-0.2, 0) is 18.0 Å². The number of ketones is 1. The minimum Gasteiger partial charge on any atom is -0.372 e. The van der Waals surface area contributed by atoms with Gasteiger partial charge < -0.3 is 4.74 Å². The SMILES string of the molecule is Cc1cc(C(=O)c2ccc3c(c2)COC3)ccc1F. The molecule has 0 spiro atoms. The molecule has 2 aromatic rings. The number of fused-ring (bicyclic) bond motifs is 1. The van der Waals surface area contributed by atoms with Crippen LogP contribution in [0, 0.1) is 12.7 Å². The van der Waals surface area contributed by atoms with E-state index < -0.39 is 0 Å². The van der Waals surface area contributed by atoms with E-state index >= 15 is 0 Å². The summed E-state index contributed by atoms with van der Waals surface area (Å²) in [5.41, 5.74) is 3.81. The Kier molecular flexibility index (Phi) is 2.91. The zero-order valence-corrected chi connectivity index (χ0v) is 10.6. The van der Waals surface area contributed by atoms with Crippen LogP contribution in [-0.4, -0.2) is 5.78 Å². The smallest absolute Gasteiger partial charge is 0.193 e. The number of benzene rings is 2. The molecule has 1 aliphatic rings. The molecule has 3 heteroatoms. The molecule has 0 radical (unpaired) electrons. The van der Waals surface area contributed by atoms with E-state index in [-0.39, 0.29) is 11.6 Å². The zero-order chi connectivity index (χ0) is 13.4. The van der Waals surface area contributed by atoms with Gasteiger partial charge in [0.2, 0.25) is 0 Å². The molecule has 0 atom stereocenters. The first-order valence-corrected chi connectivity index (χ1v) is 6.15. The molecule has 96 valence electrons. The van der Waals surface area contributed by atoms with E-state index in [1.54, 1.807) is 19.1 Å². The van der Waals surface area contributed by atoms with Crippen LogP contribution < -0.4 is 0 Å². The van der Waals surface area contributed by atoms with E-state index in [2.05, 4.69) is 0 Å². The van der Waals surface area contributed by atoms with E-state index in [9.17, 15) is 9.18 Å². The van der Waals surface area contributed by atoms with Crippen LogP contribution in [0.3, 0.4) is 0 Å². The molecule has 0 N–H and O–H groups in total. The Bertz CT molecular complexity index is 662. The van der Waals surface area contributed by atoms with Gasteiger partial charge in [0.25, 0.3) is 0 Å². The minimum absolute atomic E-state index is 0.0854. The average molecular weight is 256 g/mol. The number of rotatable bonds is 2. The van der Waals surface area contributed by atoms with Gasteiger partial charge in [0.05, 0.1) is 13.2 Å². The third-order valence-corrected chi connectivity index (χ3v) is 3.40. The van der Waals surface area contributed by atoms with Gasteiger partial charge in [-0.1, -0.05) is 12.1 Å². The Labute approximate surface area is 110 Å². The van der Waals surface area contributed by atoms with E-state index in [0.717, 1.165) is 11.1 Å². The summed E-state index contributed by atoms with van der Waals surface area (Å²) in [6.07, 6.45) is 0. The number of aryl methyl sites for hydroxylation is 1. The molecule has 0 amide bonds. The van der Waals surface area contributed by atoms with E-state index in [1.807, 2.05) is 12.1 Å². The average Bonchev–Trinajstić information content (AvgIpc) is 2.88. The summed E-state index contributed by atoms with van der Waals surface area (Å²) in [7, 11) is 0. The van der Waals surface area contributed by atoms with Crippen molar-refractivity contribution < 1.29 is 13.9 Å². The predicted octanol–water partition coefficient (Wildman–Crippen LogP) is 3.40. The Morgan fingerprint density at radius 1 is 1.05 bits per heavy atom. The van der Waals surface area contributed by atoms with Crippen LogP contribution in [0.5, 0.6) is 0 Å². The van der Waals surface area contributed by atoms with E-state index in [0.29, 0.717) is 29.9 Å². The second-order valence-electron chi connectivity index (χ2n) is 4.77. The highest BCUT2D eigenvalue weighted by Crippen LogP contribution is 2.22. The highest BCUT2D eigenvalue weighted by atomic mass is 19.1. The van der Waals surface area contributed by atoms with Gasteiger partial charge in [-0.25, -0.2) is 4.39 Å². The van der Waals surface area contributed by atoms with Gasteiger partial charge in [0.1, 0.15) is 5.82 Å². The van der Waals surface area contributed by atoms with Crippen molar-refractivity contribution in [2.75, 3.05) is 0 Å². The quantitative estimate of drug-likeness (QED) is 0.770. The van der Waals surface area contributed by atoms with Crippen molar-refractivity contribution in [1.82, 2.24) is 0 Å². The highest BCUT2D eigenvalue weighted by Gasteiger charge is 2.16. The number of halogens is 1. The molecule has 2 nitrogen and oxygen atoms in total. The number of carbonyl (C=O) groups is 1. The molecule has 1 aliphatic heterocycles. The highest BCUT2D eigenvalue weighted by molar-refractivity contribution is 6.09. The molecule has 19 heavy (non-hydrogen) atoms. The fourth-order valence-corrected chi connectivity index (χ4v) is 2.27. The molecule has 0 bridgehead atoms. The second kappa shape index (κ2) is 4.59. The molecule has 0 aromatic heterocycles. The Morgan fingerprint density at radius 3 is 2.53 bits per heavy atom. The first-order valence-electron chi connectivity index (χ1n) is 6.15. The maximum Gasteiger partial charge on any atom is 0.193 e. The van der Waals surface area contributed by atoms with Gasteiger partial charge in [-0.05, 0) is 47.9 Å². The Balaban J connectivity index is 1.97. The summed E-state index contributed by atoms with van der Waals surface area (Å²) in [5.74, 6) is -0.378. The van der Waals surface area contributed by atoms with Crippen molar-refractivity contribution in [3.8, 4) is 0 Å². The van der Waals surface area contributed by atoms with Crippen molar-refractivity contribution in [2.45, 2.75) is 20.1 Å². The lowest BCUT2D eigenvalue weighted by Gasteiger charge is -2.05. The maximum absolute atomic E-state index is 13.2. The predicted molar refractivity (Wildman–Crippen MR) is 69.5 cm³/mol. The molecular formula is C16H13FO2. The number of carbonyl (C=O) groups excluding carboxylic acids is 1. The fourth-order valence-electron chi connectivity index (χ4n) is 2.27. The Hall–Kier alpha value is -2.00. The normalized spacial score (nSPS) is 13.4. The van der Waals surface area contributed by atoms with Gasteiger partial charge in [-0.2, -0.15) is 0 Å². The standard InChI is InChI=1S/C16H13FO2/c1-10-6-11(4-5-15(10)17)16(18)12-2-3-13-8-19-9-14(13)7-12/h2-7H,8-9H2,1H3. The minimum atomic E-state index is -0.293. The van der Waals surface area contributed by atoms with Crippen molar-refractivity contribution in [3.05, 3.63) is 70.0 Å². The monoisotopic (exact) mass is 256 g/mol. The second-order valence-corrected chi connectivity index (χ2v) is 4.77. The van der Waals surface area contributed by atoms with Gasteiger partial charge in [0, 0.05) is 11.1 Å². The van der Waals surface area contributed by atoms with Crippen molar-refractivity contribution in [3.63, 3.8) is 0 Å². The molecule has 0 fully saturated rings. The van der Waals surface area contributed by atoms with Crippen LogP contribution in [0.2, 0.25) is 0 Å². The Morgan fingerprint density at radius 2 is 1.74 bits per heavy atom. The maximum atomic E-state index is 13.2. The van der Waals surface area contributed by atoms with Crippen LogP contribution in [0.15, 0.2) is 36.4 Å². The van der Waals surface area contributed by atoms with Gasteiger partial charge >= 0.3 is 0 Å². The van der Waals surface area contributed by atoms with E-state index in [1.165, 1.54) is 12.1 Å². The van der Waals surface area contributed by atoms with Gasteiger partial charge in [-0.3, -0.25) is 4.79 Å². The first kappa shape index (κ1) is 12.1. The fraction of sp³-hybridized carbons (Fsp3) is 0.188. The summed E-state index contributed by atoms with van der Waals surface area (Å²) in [5, 5.41) is 0. The van der Waals surface area contributed by atoms with Crippen molar-refractivity contribution in [2.24, 2.45) is 0 Å². The van der Waals surface area contributed by atoms with Crippen LogP contribution in [0.1, 0.15) is 32.6 Å². The van der Waals surface area contributed by atoms with E-state index in [4.69, 9.17) is 4.74 Å². The van der Waals surface area contributed by atoms with Crippen LogP contribution in [0.25, 0.3) is 0 Å². The molecule has 0 saturated carbocycles. The van der Waals surface area contributed by atoms with Gasteiger partial charge in [0.15, 0.2) is 5.78 Å². The number of hydrogen-bond acceptors (Lipinski definition) is 2. The third-order valence-electron chi connectivity index (χ3n) is 3.40. The number of hydrogen-bond donors (Lipinski definition) is 0.